The lowest BCUT2D eigenvalue weighted by atomic mass is 10.0. The molecule has 0 N–H and O–H groups in total. The molecule has 0 aliphatic rings. The topological polar surface area (TPSA) is 48.0 Å². The minimum atomic E-state index is -0.105. The van der Waals surface area contributed by atoms with E-state index in [-0.39, 0.29) is 18.8 Å². The lowest BCUT2D eigenvalue weighted by Crippen LogP contribution is -2.33. The quantitative estimate of drug-likeness (QED) is 0.249. The summed E-state index contributed by atoms with van der Waals surface area (Å²) in [4.78, 5) is 14.3. The Morgan fingerprint density at radius 2 is 1.78 bits per heavy atom. The summed E-state index contributed by atoms with van der Waals surface area (Å²) < 4.78 is 15.5. The molecule has 0 fully saturated rings. The summed E-state index contributed by atoms with van der Waals surface area (Å²) in [6.45, 7) is 5.56. The Hall–Kier alpha value is -1.59. The third-order valence-electron chi connectivity index (χ3n) is 4.67. The maximum absolute atomic E-state index is 12.0. The van der Waals surface area contributed by atoms with Gasteiger partial charge in [-0.25, -0.2) is 0 Å². The number of carbonyl (C=O) groups is 1. The SMILES string of the molecule is CCCCCCCC(CC(=O)OCC)N(C)Cc1ccc(OCOC)cc1. The third kappa shape index (κ3) is 10.4. The first-order valence-electron chi connectivity index (χ1n) is 10.2. The Labute approximate surface area is 165 Å². The standard InChI is InChI=1S/C22H37NO4/c1-5-7-8-9-10-11-20(16-22(24)26-6-2)23(3)17-19-12-14-21(15-13-19)27-18-25-4/h12-15,20H,5-11,16-18H2,1-4H3. The Bertz CT molecular complexity index is 504. The number of ether oxygens (including phenoxy) is 3. The van der Waals surface area contributed by atoms with Crippen molar-refractivity contribution in [3.05, 3.63) is 29.8 Å². The normalized spacial score (nSPS) is 12.2. The van der Waals surface area contributed by atoms with Crippen LogP contribution in [0, 0.1) is 0 Å². The molecule has 0 bridgehead atoms. The van der Waals surface area contributed by atoms with Crippen molar-refractivity contribution in [2.75, 3.05) is 27.6 Å². The molecule has 5 heteroatoms. The first-order chi connectivity index (χ1) is 13.1. The summed E-state index contributed by atoms with van der Waals surface area (Å²) in [5, 5.41) is 0. The van der Waals surface area contributed by atoms with E-state index < -0.39 is 0 Å². The Balaban J connectivity index is 2.59. The van der Waals surface area contributed by atoms with Crippen molar-refractivity contribution in [3.8, 4) is 5.75 Å². The highest BCUT2D eigenvalue weighted by molar-refractivity contribution is 5.70. The average molecular weight is 380 g/mol. The molecule has 1 unspecified atom stereocenters. The minimum Gasteiger partial charge on any atom is -0.468 e. The molecule has 1 rings (SSSR count). The summed E-state index contributed by atoms with van der Waals surface area (Å²) in [5.74, 6) is 0.688. The highest BCUT2D eigenvalue weighted by Gasteiger charge is 2.19. The van der Waals surface area contributed by atoms with E-state index in [0.717, 1.165) is 25.1 Å². The van der Waals surface area contributed by atoms with E-state index in [1.54, 1.807) is 7.11 Å². The molecule has 1 atom stereocenters. The van der Waals surface area contributed by atoms with Gasteiger partial charge in [0, 0.05) is 19.7 Å². The number of rotatable bonds is 15. The fraction of sp³-hybridized carbons (Fsp3) is 0.682. The number of benzene rings is 1. The largest absolute Gasteiger partial charge is 0.468 e. The van der Waals surface area contributed by atoms with Crippen LogP contribution in [-0.4, -0.2) is 44.5 Å². The second kappa shape index (κ2) is 14.5. The maximum atomic E-state index is 12.0. The summed E-state index contributed by atoms with van der Waals surface area (Å²) in [6, 6.07) is 8.23. The fourth-order valence-electron chi connectivity index (χ4n) is 3.11. The van der Waals surface area contributed by atoms with Crippen LogP contribution in [0.4, 0.5) is 0 Å². The van der Waals surface area contributed by atoms with Crippen LogP contribution in [0.2, 0.25) is 0 Å². The zero-order chi connectivity index (χ0) is 19.9. The molecule has 0 aromatic heterocycles. The molecule has 0 amide bonds. The lowest BCUT2D eigenvalue weighted by Gasteiger charge is -2.27. The van der Waals surface area contributed by atoms with Gasteiger partial charge in [-0.15, -0.1) is 0 Å². The molecule has 154 valence electrons. The van der Waals surface area contributed by atoms with Gasteiger partial charge in [0.25, 0.3) is 0 Å². The van der Waals surface area contributed by atoms with E-state index in [1.165, 1.54) is 31.2 Å². The highest BCUT2D eigenvalue weighted by atomic mass is 16.7. The van der Waals surface area contributed by atoms with E-state index in [2.05, 4.69) is 31.0 Å². The van der Waals surface area contributed by atoms with Gasteiger partial charge in [-0.2, -0.15) is 0 Å². The molecular formula is C22H37NO4. The van der Waals surface area contributed by atoms with Gasteiger partial charge in [-0.3, -0.25) is 9.69 Å². The van der Waals surface area contributed by atoms with Gasteiger partial charge in [-0.1, -0.05) is 51.2 Å². The smallest absolute Gasteiger partial charge is 0.307 e. The summed E-state index contributed by atoms with van der Waals surface area (Å²) in [6.07, 6.45) is 7.66. The number of hydrogen-bond acceptors (Lipinski definition) is 5. The van der Waals surface area contributed by atoms with Gasteiger partial charge < -0.3 is 14.2 Å². The summed E-state index contributed by atoms with van der Waals surface area (Å²) in [5.41, 5.74) is 1.20. The molecule has 5 nitrogen and oxygen atoms in total. The number of esters is 1. The van der Waals surface area contributed by atoms with Gasteiger partial charge in [0.1, 0.15) is 5.75 Å². The Morgan fingerprint density at radius 3 is 2.41 bits per heavy atom. The van der Waals surface area contributed by atoms with Crippen LogP contribution in [0.15, 0.2) is 24.3 Å². The molecule has 0 aliphatic heterocycles. The van der Waals surface area contributed by atoms with Crippen LogP contribution in [-0.2, 0) is 20.8 Å². The predicted molar refractivity (Wildman–Crippen MR) is 109 cm³/mol. The second-order valence-corrected chi connectivity index (χ2v) is 6.98. The molecule has 0 saturated heterocycles. The van der Waals surface area contributed by atoms with Crippen molar-refractivity contribution >= 4 is 5.97 Å². The molecule has 1 aromatic carbocycles. The van der Waals surface area contributed by atoms with Crippen molar-refractivity contribution in [1.29, 1.82) is 0 Å². The zero-order valence-electron chi connectivity index (χ0n) is 17.5. The van der Waals surface area contributed by atoms with Gasteiger partial charge in [0.2, 0.25) is 0 Å². The Kier molecular flexibility index (Phi) is 12.6. The number of nitrogens with zero attached hydrogens (tertiary/aromatic N) is 1. The van der Waals surface area contributed by atoms with E-state index in [1.807, 2.05) is 19.1 Å². The number of methoxy groups -OCH3 is 1. The van der Waals surface area contributed by atoms with Crippen LogP contribution in [0.1, 0.15) is 64.4 Å². The number of carbonyl (C=O) groups excluding carboxylic acids is 1. The van der Waals surface area contributed by atoms with Crippen molar-refractivity contribution in [1.82, 2.24) is 4.90 Å². The predicted octanol–water partition coefficient (Wildman–Crippen LogP) is 4.78. The molecule has 0 spiro atoms. The summed E-state index contributed by atoms with van der Waals surface area (Å²) in [7, 11) is 3.69. The van der Waals surface area contributed by atoms with Gasteiger partial charge >= 0.3 is 5.97 Å². The first-order valence-corrected chi connectivity index (χ1v) is 10.2. The zero-order valence-corrected chi connectivity index (χ0v) is 17.5. The molecule has 0 saturated carbocycles. The lowest BCUT2D eigenvalue weighted by molar-refractivity contribution is -0.144. The van der Waals surface area contributed by atoms with Gasteiger partial charge in [0.15, 0.2) is 6.79 Å². The molecular weight excluding hydrogens is 342 g/mol. The van der Waals surface area contributed by atoms with Crippen molar-refractivity contribution < 1.29 is 19.0 Å². The number of unbranched alkanes of at least 4 members (excludes halogenated alkanes) is 4. The monoisotopic (exact) mass is 379 g/mol. The van der Waals surface area contributed by atoms with Crippen molar-refractivity contribution in [2.45, 2.75) is 71.4 Å². The van der Waals surface area contributed by atoms with E-state index in [0.29, 0.717) is 13.0 Å². The average Bonchev–Trinajstić information content (AvgIpc) is 2.66. The van der Waals surface area contributed by atoms with Crippen molar-refractivity contribution in [2.24, 2.45) is 0 Å². The van der Waals surface area contributed by atoms with Gasteiger partial charge in [0.05, 0.1) is 13.0 Å². The maximum Gasteiger partial charge on any atom is 0.307 e. The Morgan fingerprint density at radius 1 is 1.07 bits per heavy atom. The molecule has 1 aromatic rings. The second-order valence-electron chi connectivity index (χ2n) is 6.98. The third-order valence-corrected chi connectivity index (χ3v) is 4.67. The van der Waals surface area contributed by atoms with Crippen LogP contribution >= 0.6 is 0 Å². The van der Waals surface area contributed by atoms with E-state index in [9.17, 15) is 4.79 Å². The number of hydrogen-bond donors (Lipinski definition) is 0. The molecule has 0 aliphatic carbocycles. The van der Waals surface area contributed by atoms with E-state index >= 15 is 0 Å². The van der Waals surface area contributed by atoms with Gasteiger partial charge in [-0.05, 0) is 38.1 Å². The molecule has 0 radical (unpaired) electrons. The fourth-order valence-corrected chi connectivity index (χ4v) is 3.11. The van der Waals surface area contributed by atoms with Crippen LogP contribution in [0.25, 0.3) is 0 Å². The summed E-state index contributed by atoms with van der Waals surface area (Å²) >= 11 is 0. The van der Waals surface area contributed by atoms with Crippen LogP contribution < -0.4 is 4.74 Å². The van der Waals surface area contributed by atoms with Crippen molar-refractivity contribution in [3.63, 3.8) is 0 Å². The molecule has 0 heterocycles. The van der Waals surface area contributed by atoms with Crippen LogP contribution in [0.5, 0.6) is 5.75 Å². The first kappa shape index (κ1) is 23.4. The minimum absolute atomic E-state index is 0.105. The molecule has 27 heavy (non-hydrogen) atoms. The van der Waals surface area contributed by atoms with Crippen LogP contribution in [0.3, 0.4) is 0 Å². The highest BCUT2D eigenvalue weighted by Crippen LogP contribution is 2.18. The van der Waals surface area contributed by atoms with E-state index in [4.69, 9.17) is 14.2 Å².